The molecule has 0 unspecified atom stereocenters. The van der Waals surface area contributed by atoms with Crippen LogP contribution in [0.5, 0.6) is 0 Å². The number of nitrogens with zero attached hydrogens (tertiary/aromatic N) is 3. The van der Waals surface area contributed by atoms with Gasteiger partial charge in [-0.3, -0.25) is 4.98 Å². The molecule has 0 aliphatic rings. The molecule has 8 rings (SSSR count). The smallest absolute Gasteiger partial charge is 0.160 e. The lowest BCUT2D eigenvalue weighted by atomic mass is 10.0. The third-order valence-electron chi connectivity index (χ3n) is 7.90. The summed E-state index contributed by atoms with van der Waals surface area (Å²) in [6.45, 7) is 0. The lowest BCUT2D eigenvalue weighted by Gasteiger charge is -2.11. The first-order chi connectivity index (χ1) is 20.8. The molecule has 0 aliphatic heterocycles. The van der Waals surface area contributed by atoms with Crippen molar-refractivity contribution in [2.75, 3.05) is 0 Å². The Labute approximate surface area is 243 Å². The van der Waals surface area contributed by atoms with Crippen LogP contribution in [0.25, 0.3) is 77.5 Å². The lowest BCUT2D eigenvalue weighted by molar-refractivity contribution is 1.18. The molecule has 0 spiro atoms. The predicted molar refractivity (Wildman–Crippen MR) is 174 cm³/mol. The summed E-state index contributed by atoms with van der Waals surface area (Å²) in [5.74, 6) is 0.707. The van der Waals surface area contributed by atoms with Crippen molar-refractivity contribution >= 4 is 32.4 Å². The third-order valence-corrected chi connectivity index (χ3v) is 7.90. The van der Waals surface area contributed by atoms with Gasteiger partial charge in [0.1, 0.15) is 0 Å². The van der Waals surface area contributed by atoms with E-state index in [1.54, 1.807) is 0 Å². The second-order valence-electron chi connectivity index (χ2n) is 10.6. The van der Waals surface area contributed by atoms with Crippen molar-refractivity contribution in [2.24, 2.45) is 0 Å². The van der Waals surface area contributed by atoms with Crippen LogP contribution in [0, 0.1) is 0 Å². The number of fused-ring (bicyclic) bond motifs is 3. The maximum atomic E-state index is 5.09. The summed E-state index contributed by atoms with van der Waals surface area (Å²) >= 11 is 0. The topological polar surface area (TPSA) is 38.7 Å². The van der Waals surface area contributed by atoms with E-state index in [9.17, 15) is 0 Å². The molecule has 6 aromatic carbocycles. The second-order valence-corrected chi connectivity index (χ2v) is 10.6. The first-order valence-corrected chi connectivity index (χ1v) is 14.1. The molecule has 196 valence electrons. The minimum atomic E-state index is 0.707. The van der Waals surface area contributed by atoms with Crippen LogP contribution in [-0.4, -0.2) is 15.0 Å². The molecule has 2 aromatic heterocycles. The molecular weight excluding hydrogens is 510 g/mol. The van der Waals surface area contributed by atoms with Crippen molar-refractivity contribution in [3.63, 3.8) is 0 Å². The average Bonchev–Trinajstić information content (AvgIpc) is 3.07. The zero-order valence-electron chi connectivity index (χ0n) is 22.8. The number of aromatic nitrogens is 3. The van der Waals surface area contributed by atoms with Crippen molar-refractivity contribution < 1.29 is 0 Å². The highest BCUT2D eigenvalue weighted by atomic mass is 14.9. The van der Waals surface area contributed by atoms with Gasteiger partial charge in [0.05, 0.1) is 16.9 Å². The number of rotatable bonds is 4. The van der Waals surface area contributed by atoms with E-state index in [4.69, 9.17) is 9.97 Å². The van der Waals surface area contributed by atoms with Gasteiger partial charge in [-0.1, -0.05) is 109 Å². The summed E-state index contributed by atoms with van der Waals surface area (Å²) in [6, 6.07) is 51.0. The van der Waals surface area contributed by atoms with E-state index < -0.39 is 0 Å². The molecule has 2 heterocycles. The normalized spacial score (nSPS) is 11.3. The monoisotopic (exact) mass is 535 g/mol. The molecule has 0 bridgehead atoms. The van der Waals surface area contributed by atoms with Gasteiger partial charge in [0.25, 0.3) is 0 Å². The molecule has 0 aliphatic carbocycles. The van der Waals surface area contributed by atoms with Gasteiger partial charge in [0.15, 0.2) is 5.82 Å². The van der Waals surface area contributed by atoms with Crippen molar-refractivity contribution in [2.45, 2.75) is 0 Å². The van der Waals surface area contributed by atoms with Gasteiger partial charge in [-0.25, -0.2) is 9.97 Å². The van der Waals surface area contributed by atoms with Crippen LogP contribution in [0.3, 0.4) is 0 Å². The molecular formula is C39H25N3. The number of pyridine rings is 1. The second kappa shape index (κ2) is 10.1. The SMILES string of the molecule is c1ccc2cc(-c3cc(-c4ccc5ccccc5c4)nc(-c4ccc(-c5ccc6ncccc6c5)cc4)n3)ccc2c1. The molecule has 0 amide bonds. The van der Waals surface area contributed by atoms with Crippen molar-refractivity contribution in [3.8, 4) is 45.0 Å². The zero-order valence-corrected chi connectivity index (χ0v) is 22.8. The van der Waals surface area contributed by atoms with Gasteiger partial charge >= 0.3 is 0 Å². The number of hydrogen-bond donors (Lipinski definition) is 0. The number of hydrogen-bond acceptors (Lipinski definition) is 3. The molecule has 0 radical (unpaired) electrons. The minimum Gasteiger partial charge on any atom is -0.256 e. The van der Waals surface area contributed by atoms with Crippen molar-refractivity contribution in [3.05, 3.63) is 152 Å². The Morgan fingerprint density at radius 2 is 0.833 bits per heavy atom. The van der Waals surface area contributed by atoms with E-state index in [-0.39, 0.29) is 0 Å². The minimum absolute atomic E-state index is 0.707. The highest BCUT2D eigenvalue weighted by molar-refractivity contribution is 5.90. The van der Waals surface area contributed by atoms with Gasteiger partial charge < -0.3 is 0 Å². The molecule has 8 aromatic rings. The standard InChI is InChI=1S/C39H25N3/c1-3-8-30-22-34(17-13-26(30)6-1)37-25-38(35-18-14-27-7-2-4-9-31(27)23-35)42-39(41-37)29-15-11-28(12-16-29)32-19-20-36-33(24-32)10-5-21-40-36/h1-25H. The molecule has 0 saturated carbocycles. The van der Waals surface area contributed by atoms with Crippen LogP contribution in [0.15, 0.2) is 152 Å². The van der Waals surface area contributed by atoms with Crippen LogP contribution < -0.4 is 0 Å². The van der Waals surface area contributed by atoms with Gasteiger partial charge in [-0.15, -0.1) is 0 Å². The first kappa shape index (κ1) is 24.2. The van der Waals surface area contributed by atoms with Gasteiger partial charge in [0.2, 0.25) is 0 Å². The Bertz CT molecular complexity index is 2150. The van der Waals surface area contributed by atoms with Crippen LogP contribution in [0.1, 0.15) is 0 Å². The molecule has 0 N–H and O–H groups in total. The molecule has 0 fully saturated rings. The summed E-state index contributed by atoms with van der Waals surface area (Å²) in [6.07, 6.45) is 1.83. The Hall–Kier alpha value is -5.67. The summed E-state index contributed by atoms with van der Waals surface area (Å²) in [5.41, 5.74) is 8.22. The molecule has 0 saturated heterocycles. The lowest BCUT2D eigenvalue weighted by Crippen LogP contribution is -1.96. The van der Waals surface area contributed by atoms with Gasteiger partial charge in [-0.05, 0) is 69.1 Å². The summed E-state index contributed by atoms with van der Waals surface area (Å²) in [7, 11) is 0. The highest BCUT2D eigenvalue weighted by Gasteiger charge is 2.12. The number of benzene rings is 6. The zero-order chi connectivity index (χ0) is 27.9. The summed E-state index contributed by atoms with van der Waals surface area (Å²) in [5, 5.41) is 5.94. The Balaban J connectivity index is 1.25. The van der Waals surface area contributed by atoms with E-state index >= 15 is 0 Å². The van der Waals surface area contributed by atoms with E-state index in [0.29, 0.717) is 5.82 Å². The van der Waals surface area contributed by atoms with Crippen molar-refractivity contribution in [1.29, 1.82) is 0 Å². The Morgan fingerprint density at radius 3 is 1.48 bits per heavy atom. The average molecular weight is 536 g/mol. The van der Waals surface area contributed by atoms with Crippen LogP contribution in [0.4, 0.5) is 0 Å². The first-order valence-electron chi connectivity index (χ1n) is 14.1. The summed E-state index contributed by atoms with van der Waals surface area (Å²) < 4.78 is 0. The van der Waals surface area contributed by atoms with Gasteiger partial charge in [-0.2, -0.15) is 0 Å². The maximum Gasteiger partial charge on any atom is 0.160 e. The Morgan fingerprint density at radius 1 is 0.333 bits per heavy atom. The van der Waals surface area contributed by atoms with E-state index in [0.717, 1.165) is 50.1 Å². The maximum absolute atomic E-state index is 5.09. The Kier molecular flexibility index (Phi) is 5.79. The quantitative estimate of drug-likeness (QED) is 0.225. The summed E-state index contributed by atoms with van der Waals surface area (Å²) in [4.78, 5) is 14.6. The highest BCUT2D eigenvalue weighted by Crippen LogP contribution is 2.32. The van der Waals surface area contributed by atoms with Crippen LogP contribution >= 0.6 is 0 Å². The van der Waals surface area contributed by atoms with Crippen molar-refractivity contribution in [1.82, 2.24) is 15.0 Å². The molecule has 0 atom stereocenters. The van der Waals surface area contributed by atoms with Crippen LogP contribution in [-0.2, 0) is 0 Å². The predicted octanol–water partition coefficient (Wildman–Crippen LogP) is 10.00. The van der Waals surface area contributed by atoms with E-state index in [1.165, 1.54) is 21.5 Å². The van der Waals surface area contributed by atoms with E-state index in [2.05, 4.69) is 145 Å². The molecule has 3 nitrogen and oxygen atoms in total. The fourth-order valence-corrected chi connectivity index (χ4v) is 5.64. The molecule has 3 heteroatoms. The van der Waals surface area contributed by atoms with Gasteiger partial charge in [0, 0.05) is 28.3 Å². The fourth-order valence-electron chi connectivity index (χ4n) is 5.64. The largest absolute Gasteiger partial charge is 0.256 e. The fraction of sp³-hybridized carbons (Fsp3) is 0. The van der Waals surface area contributed by atoms with E-state index in [1.807, 2.05) is 12.3 Å². The van der Waals surface area contributed by atoms with Crippen LogP contribution in [0.2, 0.25) is 0 Å². The molecule has 42 heavy (non-hydrogen) atoms. The third kappa shape index (κ3) is 4.47.